The highest BCUT2D eigenvalue weighted by molar-refractivity contribution is 7.89. The summed E-state index contributed by atoms with van der Waals surface area (Å²) in [5.74, 6) is 0. The van der Waals surface area contributed by atoms with Crippen LogP contribution in [-0.4, -0.2) is 8.42 Å². The van der Waals surface area contributed by atoms with Crippen LogP contribution < -0.4 is 4.72 Å². The molecule has 3 nitrogen and oxygen atoms in total. The Morgan fingerprint density at radius 1 is 0.958 bits per heavy atom. The average molecular weight is 358 g/mol. The van der Waals surface area contributed by atoms with Crippen LogP contribution in [0.3, 0.4) is 0 Å². The van der Waals surface area contributed by atoms with Gasteiger partial charge in [0, 0.05) is 4.88 Å². The predicted molar refractivity (Wildman–Crippen MR) is 98.8 cm³/mol. The molecule has 1 unspecified atom stereocenters. The summed E-state index contributed by atoms with van der Waals surface area (Å²) in [5.41, 5.74) is 2.72. The Morgan fingerprint density at radius 2 is 1.71 bits per heavy atom. The molecule has 1 heterocycles. The number of thiophene rings is 1. The minimum atomic E-state index is -3.62. The molecule has 2 aromatic carbocycles. The quantitative estimate of drug-likeness (QED) is 0.734. The molecule has 24 heavy (non-hydrogen) atoms. The molecule has 1 N–H and O–H groups in total. The molecule has 0 radical (unpaired) electrons. The largest absolute Gasteiger partial charge is 0.241 e. The monoisotopic (exact) mass is 357 g/mol. The number of hydrogen-bond acceptors (Lipinski definition) is 3. The third-order valence-electron chi connectivity index (χ3n) is 3.85. The zero-order valence-electron chi connectivity index (χ0n) is 13.6. The Balaban J connectivity index is 2.01. The number of sulfonamides is 1. The van der Waals surface area contributed by atoms with Crippen LogP contribution >= 0.6 is 11.3 Å². The highest BCUT2D eigenvalue weighted by Gasteiger charge is 2.24. The Morgan fingerprint density at radius 3 is 2.33 bits per heavy atom. The molecule has 0 saturated carbocycles. The van der Waals surface area contributed by atoms with E-state index in [1.54, 1.807) is 17.4 Å². The molecule has 0 fully saturated rings. The third kappa shape index (κ3) is 3.59. The van der Waals surface area contributed by atoms with E-state index in [0.29, 0.717) is 4.90 Å². The average Bonchev–Trinajstić information content (AvgIpc) is 3.07. The molecule has 0 amide bonds. The number of nitrogens with one attached hydrogen (secondary N) is 1. The molecule has 0 aliphatic heterocycles. The lowest BCUT2D eigenvalue weighted by molar-refractivity contribution is 0.572. The van der Waals surface area contributed by atoms with Gasteiger partial charge in [0.05, 0.1) is 10.9 Å². The molecule has 0 aliphatic carbocycles. The van der Waals surface area contributed by atoms with Gasteiger partial charge in [0.15, 0.2) is 0 Å². The lowest BCUT2D eigenvalue weighted by Gasteiger charge is -2.19. The standard InChI is InChI=1S/C19H19NO2S2/c1-14-10-11-18(15(2)13-14)24(21,22)20-19(17-9-6-12-23-17)16-7-4-3-5-8-16/h3-13,19-20H,1-2H3. The highest BCUT2D eigenvalue weighted by Crippen LogP contribution is 2.28. The maximum atomic E-state index is 12.9. The van der Waals surface area contributed by atoms with Crippen molar-refractivity contribution < 1.29 is 8.42 Å². The van der Waals surface area contributed by atoms with Gasteiger partial charge in [-0.1, -0.05) is 54.1 Å². The Hall–Kier alpha value is -1.95. The second kappa shape index (κ2) is 6.89. The molecular weight excluding hydrogens is 338 g/mol. The third-order valence-corrected chi connectivity index (χ3v) is 6.37. The number of rotatable bonds is 5. The lowest BCUT2D eigenvalue weighted by atomic mass is 10.1. The second-order valence-corrected chi connectivity index (χ2v) is 8.41. The first-order valence-electron chi connectivity index (χ1n) is 7.65. The first kappa shape index (κ1) is 16.9. The lowest BCUT2D eigenvalue weighted by Crippen LogP contribution is -2.29. The van der Waals surface area contributed by atoms with E-state index >= 15 is 0 Å². The first-order valence-corrected chi connectivity index (χ1v) is 10.0. The molecule has 5 heteroatoms. The minimum Gasteiger partial charge on any atom is -0.207 e. The van der Waals surface area contributed by atoms with Crippen molar-refractivity contribution in [3.8, 4) is 0 Å². The summed E-state index contributed by atoms with van der Waals surface area (Å²) in [4.78, 5) is 1.29. The maximum Gasteiger partial charge on any atom is 0.241 e. The smallest absolute Gasteiger partial charge is 0.207 e. The molecule has 124 valence electrons. The Bertz CT molecular complexity index is 917. The van der Waals surface area contributed by atoms with Gasteiger partial charge in [0.2, 0.25) is 10.0 Å². The van der Waals surface area contributed by atoms with Crippen LogP contribution in [0.15, 0.2) is 70.9 Å². The zero-order chi connectivity index (χ0) is 17.2. The van der Waals surface area contributed by atoms with Crippen LogP contribution in [0.2, 0.25) is 0 Å². The number of benzene rings is 2. The molecule has 0 aliphatic rings. The number of hydrogen-bond donors (Lipinski definition) is 1. The van der Waals surface area contributed by atoms with Crippen LogP contribution in [0.4, 0.5) is 0 Å². The van der Waals surface area contributed by atoms with Crippen LogP contribution in [0.1, 0.15) is 27.6 Å². The molecule has 0 bridgehead atoms. The summed E-state index contributed by atoms with van der Waals surface area (Å²) in [7, 11) is -3.62. The highest BCUT2D eigenvalue weighted by atomic mass is 32.2. The van der Waals surface area contributed by atoms with E-state index in [0.717, 1.165) is 21.6 Å². The summed E-state index contributed by atoms with van der Waals surface area (Å²) in [6.45, 7) is 3.78. The topological polar surface area (TPSA) is 46.2 Å². The van der Waals surface area contributed by atoms with Gasteiger partial charge in [-0.3, -0.25) is 0 Å². The fraction of sp³-hybridized carbons (Fsp3) is 0.158. The molecule has 1 atom stereocenters. The fourth-order valence-corrected chi connectivity index (χ4v) is 5.02. The number of aryl methyl sites for hydroxylation is 2. The Kier molecular flexibility index (Phi) is 4.85. The van der Waals surface area contributed by atoms with Crippen molar-refractivity contribution in [1.82, 2.24) is 4.72 Å². The van der Waals surface area contributed by atoms with Gasteiger partial charge < -0.3 is 0 Å². The van der Waals surface area contributed by atoms with E-state index in [9.17, 15) is 8.42 Å². The van der Waals surface area contributed by atoms with E-state index in [1.165, 1.54) is 0 Å². The van der Waals surface area contributed by atoms with Crippen molar-refractivity contribution >= 4 is 21.4 Å². The van der Waals surface area contributed by atoms with E-state index < -0.39 is 16.1 Å². The van der Waals surface area contributed by atoms with Gasteiger partial charge in [0.25, 0.3) is 0 Å². The normalized spacial score (nSPS) is 12.9. The van der Waals surface area contributed by atoms with E-state index in [4.69, 9.17) is 0 Å². The molecular formula is C19H19NO2S2. The summed E-state index contributed by atoms with van der Waals surface area (Å²) in [5, 5.41) is 1.96. The second-order valence-electron chi connectivity index (χ2n) is 5.75. The SMILES string of the molecule is Cc1ccc(S(=O)(=O)NC(c2ccccc2)c2cccs2)c(C)c1. The van der Waals surface area contributed by atoms with Crippen LogP contribution in [-0.2, 0) is 10.0 Å². The van der Waals surface area contributed by atoms with Gasteiger partial charge in [-0.25, -0.2) is 8.42 Å². The van der Waals surface area contributed by atoms with Crippen molar-refractivity contribution in [2.75, 3.05) is 0 Å². The molecule has 3 aromatic rings. The van der Waals surface area contributed by atoms with Gasteiger partial charge in [-0.15, -0.1) is 11.3 Å². The summed E-state index contributed by atoms with van der Waals surface area (Å²) in [6, 6.07) is 18.5. The van der Waals surface area contributed by atoms with Crippen molar-refractivity contribution in [3.05, 3.63) is 87.6 Å². The first-order chi connectivity index (χ1) is 11.5. The van der Waals surface area contributed by atoms with Crippen molar-refractivity contribution in [2.45, 2.75) is 24.8 Å². The van der Waals surface area contributed by atoms with E-state index in [-0.39, 0.29) is 0 Å². The van der Waals surface area contributed by atoms with Crippen molar-refractivity contribution in [1.29, 1.82) is 0 Å². The van der Waals surface area contributed by atoms with Crippen molar-refractivity contribution in [2.24, 2.45) is 0 Å². The molecule has 0 saturated heterocycles. The van der Waals surface area contributed by atoms with Gasteiger partial charge >= 0.3 is 0 Å². The minimum absolute atomic E-state index is 0.325. The zero-order valence-corrected chi connectivity index (χ0v) is 15.2. The summed E-state index contributed by atoms with van der Waals surface area (Å²) in [6.07, 6.45) is 0. The molecule has 3 rings (SSSR count). The summed E-state index contributed by atoms with van der Waals surface area (Å²) < 4.78 is 28.7. The predicted octanol–water partition coefficient (Wildman–Crippen LogP) is 4.43. The Labute approximate surface area is 147 Å². The maximum absolute atomic E-state index is 12.9. The van der Waals surface area contributed by atoms with Crippen LogP contribution in [0.25, 0.3) is 0 Å². The molecule has 1 aromatic heterocycles. The van der Waals surface area contributed by atoms with Crippen LogP contribution in [0, 0.1) is 13.8 Å². The van der Waals surface area contributed by atoms with Gasteiger partial charge in [0.1, 0.15) is 0 Å². The van der Waals surface area contributed by atoms with E-state index in [1.807, 2.05) is 73.8 Å². The van der Waals surface area contributed by atoms with Crippen LogP contribution in [0.5, 0.6) is 0 Å². The molecule has 0 spiro atoms. The van der Waals surface area contributed by atoms with Crippen molar-refractivity contribution in [3.63, 3.8) is 0 Å². The van der Waals surface area contributed by atoms with Gasteiger partial charge in [-0.2, -0.15) is 4.72 Å². The summed E-state index contributed by atoms with van der Waals surface area (Å²) >= 11 is 1.54. The van der Waals surface area contributed by atoms with E-state index in [2.05, 4.69) is 4.72 Å². The van der Waals surface area contributed by atoms with Gasteiger partial charge in [-0.05, 0) is 42.5 Å². The fourth-order valence-electron chi connectivity index (χ4n) is 2.71.